The van der Waals surface area contributed by atoms with E-state index >= 15 is 0 Å². The fraction of sp³-hybridized carbons (Fsp3) is 0.174. The molecule has 0 bridgehead atoms. The normalized spacial score (nSPS) is 11.6. The van der Waals surface area contributed by atoms with Crippen LogP contribution in [0.3, 0.4) is 0 Å². The molecule has 5 aromatic rings. The Morgan fingerprint density at radius 1 is 1.10 bits per heavy atom. The maximum atomic E-state index is 13.1. The number of H-pyrrole nitrogens is 1. The first-order valence-corrected chi connectivity index (χ1v) is 10.6. The number of benzene rings is 2. The lowest BCUT2D eigenvalue weighted by Gasteiger charge is -2.09. The average Bonchev–Trinajstić information content (AvgIpc) is 3.31. The number of thioether (sulfide) groups is 1. The minimum absolute atomic E-state index is 0.0701. The second-order valence-corrected chi connectivity index (χ2v) is 8.21. The first-order chi connectivity index (χ1) is 14.6. The highest BCUT2D eigenvalue weighted by Crippen LogP contribution is 2.30. The number of hydrogen-bond acceptors (Lipinski definition) is 5. The predicted molar refractivity (Wildman–Crippen MR) is 120 cm³/mol. The summed E-state index contributed by atoms with van der Waals surface area (Å²) in [7, 11) is 1.65. The largest absolute Gasteiger partial charge is 0.497 e. The lowest BCUT2D eigenvalue weighted by Crippen LogP contribution is -2.04. The number of Topliss-reactive ketones (excluding diaryl/α,β-unsaturated/α-hetero) is 1. The van der Waals surface area contributed by atoms with Crippen LogP contribution in [0.2, 0.25) is 0 Å². The van der Waals surface area contributed by atoms with Crippen molar-refractivity contribution in [2.75, 3.05) is 12.9 Å². The van der Waals surface area contributed by atoms with Gasteiger partial charge in [0, 0.05) is 33.6 Å². The molecule has 0 amide bonds. The van der Waals surface area contributed by atoms with E-state index in [4.69, 9.17) is 4.74 Å². The zero-order valence-electron chi connectivity index (χ0n) is 16.9. The molecule has 0 spiro atoms. The molecule has 3 aromatic heterocycles. The van der Waals surface area contributed by atoms with Gasteiger partial charge in [-0.05, 0) is 43.7 Å². The Morgan fingerprint density at radius 2 is 1.93 bits per heavy atom. The summed E-state index contributed by atoms with van der Waals surface area (Å²) in [5.41, 5.74) is 5.45. The van der Waals surface area contributed by atoms with Crippen molar-refractivity contribution >= 4 is 45.0 Å². The summed E-state index contributed by atoms with van der Waals surface area (Å²) in [6.45, 7) is 3.99. The first-order valence-electron chi connectivity index (χ1n) is 9.62. The summed E-state index contributed by atoms with van der Waals surface area (Å²) in [6, 6.07) is 15.9. The predicted octanol–water partition coefficient (Wildman–Crippen LogP) is 4.96. The summed E-state index contributed by atoms with van der Waals surface area (Å²) in [5.74, 6) is 1.12. The number of hydrogen-bond donors (Lipinski definition) is 1. The molecule has 0 atom stereocenters. The number of carbonyl (C=O) groups is 1. The molecule has 150 valence electrons. The number of rotatable bonds is 5. The van der Waals surface area contributed by atoms with Crippen LogP contribution >= 0.6 is 11.8 Å². The van der Waals surface area contributed by atoms with Crippen molar-refractivity contribution in [2.24, 2.45) is 0 Å². The van der Waals surface area contributed by atoms with Gasteiger partial charge in [-0.3, -0.25) is 9.20 Å². The van der Waals surface area contributed by atoms with Gasteiger partial charge in [0.1, 0.15) is 5.75 Å². The molecule has 6 nitrogen and oxygen atoms in total. The zero-order chi connectivity index (χ0) is 20.8. The monoisotopic (exact) mass is 416 g/mol. The van der Waals surface area contributed by atoms with Gasteiger partial charge >= 0.3 is 0 Å². The molecule has 0 saturated carbocycles. The van der Waals surface area contributed by atoms with E-state index in [2.05, 4.69) is 22.1 Å². The number of aryl methyl sites for hydroxylation is 2. The van der Waals surface area contributed by atoms with Crippen molar-refractivity contribution in [3.05, 3.63) is 65.4 Å². The Labute approximate surface area is 177 Å². The van der Waals surface area contributed by atoms with E-state index in [1.54, 1.807) is 7.11 Å². The molecule has 30 heavy (non-hydrogen) atoms. The van der Waals surface area contributed by atoms with Gasteiger partial charge in [0.15, 0.2) is 16.6 Å². The molecule has 0 unspecified atom stereocenters. The number of fused-ring (bicyclic) bond motifs is 4. The van der Waals surface area contributed by atoms with Gasteiger partial charge in [-0.15, -0.1) is 10.2 Å². The maximum Gasteiger partial charge on any atom is 0.196 e. The zero-order valence-corrected chi connectivity index (χ0v) is 17.7. The van der Waals surface area contributed by atoms with Crippen molar-refractivity contribution in [3.63, 3.8) is 0 Å². The van der Waals surface area contributed by atoms with Crippen molar-refractivity contribution in [3.8, 4) is 5.75 Å². The van der Waals surface area contributed by atoms with Gasteiger partial charge in [0.05, 0.1) is 18.4 Å². The molecule has 0 aliphatic carbocycles. The van der Waals surface area contributed by atoms with Crippen molar-refractivity contribution < 1.29 is 9.53 Å². The Hall–Kier alpha value is -3.32. The molecule has 0 fully saturated rings. The number of para-hydroxylation sites is 1. The summed E-state index contributed by atoms with van der Waals surface area (Å²) >= 11 is 1.40. The Balaban J connectivity index is 1.53. The summed E-state index contributed by atoms with van der Waals surface area (Å²) < 4.78 is 7.40. The van der Waals surface area contributed by atoms with E-state index in [0.29, 0.717) is 5.16 Å². The quantitative estimate of drug-likeness (QED) is 0.324. The number of aromatic nitrogens is 4. The highest BCUT2D eigenvalue weighted by molar-refractivity contribution is 7.99. The van der Waals surface area contributed by atoms with Crippen LogP contribution in [0.1, 0.15) is 21.6 Å². The Morgan fingerprint density at radius 3 is 2.77 bits per heavy atom. The lowest BCUT2D eigenvalue weighted by atomic mass is 10.1. The fourth-order valence-corrected chi connectivity index (χ4v) is 4.79. The van der Waals surface area contributed by atoms with Crippen LogP contribution in [0.25, 0.3) is 27.5 Å². The summed E-state index contributed by atoms with van der Waals surface area (Å²) in [5, 5.41) is 11.4. The molecule has 1 N–H and O–H groups in total. The Bertz CT molecular complexity index is 1430. The number of nitrogens with zero attached hydrogens (tertiary/aromatic N) is 3. The van der Waals surface area contributed by atoms with Crippen molar-refractivity contribution in [2.45, 2.75) is 19.0 Å². The third-order valence-electron chi connectivity index (χ3n) is 5.38. The highest BCUT2D eigenvalue weighted by atomic mass is 32.2. The summed E-state index contributed by atoms with van der Waals surface area (Å²) in [6.07, 6.45) is 0. The van der Waals surface area contributed by atoms with E-state index in [-0.39, 0.29) is 11.5 Å². The number of carbonyl (C=O) groups excluding carboxylic acids is 1. The standard InChI is InChI=1S/C23H20N4O2S/c1-13-10-21-25-26-23(27(21)19-11-15(29-3)8-9-16(13)19)30-12-20(28)22-14(2)24-18-7-5-4-6-17(18)22/h4-11,24H,12H2,1-3H3. The van der Waals surface area contributed by atoms with E-state index in [1.807, 2.05) is 59.9 Å². The van der Waals surface area contributed by atoms with Crippen LogP contribution in [0.4, 0.5) is 0 Å². The minimum atomic E-state index is 0.0701. The molecule has 0 aliphatic heterocycles. The van der Waals surface area contributed by atoms with Crippen LogP contribution < -0.4 is 4.74 Å². The smallest absolute Gasteiger partial charge is 0.196 e. The second-order valence-electron chi connectivity index (χ2n) is 7.27. The number of nitrogens with one attached hydrogen (secondary N) is 1. The third kappa shape index (κ3) is 2.93. The van der Waals surface area contributed by atoms with E-state index in [0.717, 1.165) is 50.0 Å². The summed E-state index contributed by atoms with van der Waals surface area (Å²) in [4.78, 5) is 16.4. The van der Waals surface area contributed by atoms with E-state index in [9.17, 15) is 4.79 Å². The molecule has 2 aromatic carbocycles. The number of ketones is 1. The van der Waals surface area contributed by atoms with Crippen LogP contribution in [-0.2, 0) is 0 Å². The molecular weight excluding hydrogens is 396 g/mol. The van der Waals surface area contributed by atoms with E-state index in [1.165, 1.54) is 11.8 Å². The van der Waals surface area contributed by atoms with Gasteiger partial charge in [0.2, 0.25) is 0 Å². The van der Waals surface area contributed by atoms with Gasteiger partial charge in [0.25, 0.3) is 0 Å². The van der Waals surface area contributed by atoms with Crippen LogP contribution in [0.5, 0.6) is 5.75 Å². The van der Waals surface area contributed by atoms with Crippen molar-refractivity contribution in [1.29, 1.82) is 0 Å². The first kappa shape index (κ1) is 18.7. The molecular formula is C23H20N4O2S. The van der Waals surface area contributed by atoms with E-state index < -0.39 is 0 Å². The number of methoxy groups -OCH3 is 1. The van der Waals surface area contributed by atoms with Gasteiger partial charge in [-0.1, -0.05) is 30.0 Å². The van der Waals surface area contributed by atoms with Gasteiger partial charge in [-0.25, -0.2) is 0 Å². The van der Waals surface area contributed by atoms with Crippen LogP contribution in [-0.4, -0.2) is 38.2 Å². The van der Waals surface area contributed by atoms with Gasteiger partial charge in [-0.2, -0.15) is 0 Å². The van der Waals surface area contributed by atoms with Crippen LogP contribution in [0.15, 0.2) is 53.7 Å². The maximum absolute atomic E-state index is 13.1. The molecule has 5 rings (SSSR count). The Kier molecular flexibility index (Phi) is 4.47. The number of ether oxygens (including phenoxy) is 1. The number of pyridine rings is 1. The minimum Gasteiger partial charge on any atom is -0.497 e. The van der Waals surface area contributed by atoms with Gasteiger partial charge < -0.3 is 9.72 Å². The molecule has 3 heterocycles. The van der Waals surface area contributed by atoms with Crippen LogP contribution in [0, 0.1) is 13.8 Å². The molecule has 0 saturated heterocycles. The number of aromatic amines is 1. The highest BCUT2D eigenvalue weighted by Gasteiger charge is 2.18. The molecule has 0 aliphatic rings. The molecule has 0 radical (unpaired) electrons. The topological polar surface area (TPSA) is 72.3 Å². The van der Waals surface area contributed by atoms with Crippen molar-refractivity contribution in [1.82, 2.24) is 19.6 Å². The third-order valence-corrected chi connectivity index (χ3v) is 6.31. The SMILES string of the molecule is COc1ccc2c(C)cc3nnc(SCC(=O)c4c(C)[nH]c5ccccc45)n3c2c1. The average molecular weight is 417 g/mol. The lowest BCUT2D eigenvalue weighted by molar-refractivity contribution is 0.102. The second kappa shape index (κ2) is 7.18. The molecule has 7 heteroatoms. The fourth-order valence-electron chi connectivity index (χ4n) is 3.96.